The largest absolute Gasteiger partial charge is 0.365 e. The summed E-state index contributed by atoms with van der Waals surface area (Å²) in [4.78, 5) is 12.3. The van der Waals surface area contributed by atoms with Crippen molar-refractivity contribution in [3.8, 4) is 0 Å². The van der Waals surface area contributed by atoms with Gasteiger partial charge in [-0.2, -0.15) is 0 Å². The summed E-state index contributed by atoms with van der Waals surface area (Å²) in [5, 5.41) is 0. The Morgan fingerprint density at radius 3 is 2.67 bits per heavy atom. The van der Waals surface area contributed by atoms with E-state index < -0.39 is 0 Å². The van der Waals surface area contributed by atoms with Gasteiger partial charge in [-0.25, -0.2) is 0 Å². The van der Waals surface area contributed by atoms with E-state index in [-0.39, 0.29) is 22.5 Å². The average molecular weight is 377 g/mol. The standard InChI is InChI=1S/C23H36O4/c1-14(24)17-5-6-18-16-11-20-23(27-20)12-15(26-13-25-4)7-10-22(23,3)19(16)8-9-21(17,18)2/h15-20H,5-13H2,1-4H3/t15-,16-,17+,18-,19-,20+,21+,22+,23+/m0/s1. The van der Waals surface area contributed by atoms with Gasteiger partial charge >= 0.3 is 0 Å². The van der Waals surface area contributed by atoms with E-state index in [0.717, 1.165) is 31.1 Å². The molecule has 4 heteroatoms. The number of fused-ring (bicyclic) bond motifs is 4. The molecular formula is C23H36O4. The molecule has 0 amide bonds. The highest BCUT2D eigenvalue weighted by atomic mass is 16.7. The number of hydrogen-bond donors (Lipinski definition) is 0. The molecule has 1 aliphatic heterocycles. The lowest BCUT2D eigenvalue weighted by atomic mass is 9.44. The highest BCUT2D eigenvalue weighted by Crippen LogP contribution is 2.74. The Morgan fingerprint density at radius 1 is 1.11 bits per heavy atom. The molecule has 4 saturated carbocycles. The van der Waals surface area contributed by atoms with Crippen LogP contribution < -0.4 is 0 Å². The number of epoxide rings is 1. The second kappa shape index (κ2) is 6.03. The predicted molar refractivity (Wildman–Crippen MR) is 102 cm³/mol. The maximum Gasteiger partial charge on any atom is 0.146 e. The molecule has 152 valence electrons. The molecule has 27 heavy (non-hydrogen) atoms. The number of Topliss-reactive ketones (excluding diaryl/α,β-unsaturated/α-hetero) is 1. The first kappa shape index (κ1) is 18.6. The van der Waals surface area contributed by atoms with Gasteiger partial charge < -0.3 is 14.2 Å². The van der Waals surface area contributed by atoms with E-state index in [0.29, 0.717) is 30.5 Å². The van der Waals surface area contributed by atoms with Crippen molar-refractivity contribution in [3.05, 3.63) is 0 Å². The first-order valence-electron chi connectivity index (χ1n) is 11.1. The molecule has 0 bridgehead atoms. The van der Waals surface area contributed by atoms with Gasteiger partial charge in [0.2, 0.25) is 0 Å². The van der Waals surface area contributed by atoms with E-state index in [1.54, 1.807) is 7.11 Å². The van der Waals surface area contributed by atoms with Crippen LogP contribution in [0.2, 0.25) is 0 Å². The summed E-state index contributed by atoms with van der Waals surface area (Å²) < 4.78 is 17.6. The van der Waals surface area contributed by atoms with E-state index >= 15 is 0 Å². The maximum atomic E-state index is 12.3. The lowest BCUT2D eigenvalue weighted by Crippen LogP contribution is -2.58. The number of rotatable bonds is 4. The van der Waals surface area contributed by atoms with Gasteiger partial charge in [-0.3, -0.25) is 4.79 Å². The summed E-state index contributed by atoms with van der Waals surface area (Å²) in [5.74, 6) is 2.93. The lowest BCUT2D eigenvalue weighted by molar-refractivity contribution is -0.147. The molecule has 1 spiro atoms. The van der Waals surface area contributed by atoms with Gasteiger partial charge in [0.15, 0.2) is 0 Å². The predicted octanol–water partition coefficient (Wildman–Crippen LogP) is 4.35. The third kappa shape index (κ3) is 2.36. The van der Waals surface area contributed by atoms with Crippen molar-refractivity contribution in [2.24, 2.45) is 34.5 Å². The van der Waals surface area contributed by atoms with Crippen LogP contribution in [0.5, 0.6) is 0 Å². The Labute approximate surface area is 163 Å². The Bertz CT molecular complexity index is 634. The minimum absolute atomic E-state index is 0.0527. The van der Waals surface area contributed by atoms with Crippen molar-refractivity contribution in [2.45, 2.75) is 89.9 Å². The SMILES string of the molecule is COCO[C@H]1CC[C@]2(C)[C@H]3CC[C@]4(C)[C@@H](C(C)=O)CC[C@H]4[C@@H]3C[C@H]3O[C@]32C1. The Balaban J connectivity index is 1.40. The molecule has 0 aromatic heterocycles. The topological polar surface area (TPSA) is 48.1 Å². The fraction of sp³-hybridized carbons (Fsp3) is 0.957. The minimum atomic E-state index is 0.0527. The Morgan fingerprint density at radius 2 is 1.93 bits per heavy atom. The van der Waals surface area contributed by atoms with Gasteiger partial charge in [0.1, 0.15) is 18.2 Å². The van der Waals surface area contributed by atoms with Crippen LogP contribution in [0.3, 0.4) is 0 Å². The van der Waals surface area contributed by atoms with Crippen LogP contribution in [0.25, 0.3) is 0 Å². The number of methoxy groups -OCH3 is 1. The molecule has 0 unspecified atom stereocenters. The van der Waals surface area contributed by atoms with E-state index in [1.165, 1.54) is 32.1 Å². The van der Waals surface area contributed by atoms with E-state index in [9.17, 15) is 4.79 Å². The van der Waals surface area contributed by atoms with Crippen molar-refractivity contribution < 1.29 is 19.0 Å². The van der Waals surface area contributed by atoms with Gasteiger partial charge in [-0.05, 0) is 75.0 Å². The summed E-state index contributed by atoms with van der Waals surface area (Å²) >= 11 is 0. The number of hydrogen-bond acceptors (Lipinski definition) is 4. The first-order valence-corrected chi connectivity index (χ1v) is 11.1. The third-order valence-electron chi connectivity index (χ3n) is 9.95. The molecule has 0 aromatic carbocycles. The second-order valence-corrected chi connectivity index (χ2v) is 10.7. The van der Waals surface area contributed by atoms with Gasteiger partial charge in [-0.1, -0.05) is 13.8 Å². The molecule has 5 rings (SSSR count). The number of ketones is 1. The molecule has 0 radical (unpaired) electrons. The van der Waals surface area contributed by atoms with Crippen LogP contribution >= 0.6 is 0 Å². The van der Waals surface area contributed by atoms with Gasteiger partial charge in [0.05, 0.1) is 12.2 Å². The molecule has 0 aromatic rings. The summed E-state index contributed by atoms with van der Waals surface area (Å²) in [6.45, 7) is 7.17. The molecule has 4 nitrogen and oxygen atoms in total. The monoisotopic (exact) mass is 376 g/mol. The first-order chi connectivity index (χ1) is 12.9. The van der Waals surface area contributed by atoms with Crippen molar-refractivity contribution >= 4 is 5.78 Å². The third-order valence-corrected chi connectivity index (χ3v) is 9.95. The van der Waals surface area contributed by atoms with Gasteiger partial charge in [0.25, 0.3) is 0 Å². The molecule has 9 atom stereocenters. The van der Waals surface area contributed by atoms with Crippen LogP contribution in [0.1, 0.15) is 72.1 Å². The second-order valence-electron chi connectivity index (χ2n) is 10.7. The van der Waals surface area contributed by atoms with Crippen LogP contribution in [-0.2, 0) is 19.0 Å². The maximum absolute atomic E-state index is 12.3. The molecule has 1 heterocycles. The fourth-order valence-corrected chi connectivity index (χ4v) is 8.61. The fourth-order valence-electron chi connectivity index (χ4n) is 8.61. The number of carbonyl (C=O) groups excluding carboxylic acids is 1. The quantitative estimate of drug-likeness (QED) is 0.540. The van der Waals surface area contributed by atoms with Crippen LogP contribution in [0.15, 0.2) is 0 Å². The van der Waals surface area contributed by atoms with E-state index in [4.69, 9.17) is 14.2 Å². The summed E-state index contributed by atoms with van der Waals surface area (Å²) in [5.41, 5.74) is 0.567. The average Bonchev–Trinajstić information content (AvgIpc) is 3.20. The molecular weight excluding hydrogens is 340 g/mol. The van der Waals surface area contributed by atoms with E-state index in [1.807, 2.05) is 6.92 Å². The summed E-state index contributed by atoms with van der Waals surface area (Å²) in [6.07, 6.45) is 10.1. The Hall–Kier alpha value is -0.450. The zero-order valence-electron chi connectivity index (χ0n) is 17.5. The van der Waals surface area contributed by atoms with Crippen LogP contribution in [-0.4, -0.2) is 37.5 Å². The zero-order chi connectivity index (χ0) is 19.0. The summed E-state index contributed by atoms with van der Waals surface area (Å²) in [6, 6.07) is 0. The highest BCUT2D eigenvalue weighted by molar-refractivity contribution is 5.79. The molecule has 1 saturated heterocycles. The minimum Gasteiger partial charge on any atom is -0.365 e. The van der Waals surface area contributed by atoms with Crippen molar-refractivity contribution in [2.75, 3.05) is 13.9 Å². The molecule has 5 fully saturated rings. The number of ether oxygens (including phenoxy) is 3. The number of carbonyl (C=O) groups is 1. The normalized spacial score (nSPS) is 55.9. The molecule has 4 aliphatic carbocycles. The molecule has 0 N–H and O–H groups in total. The van der Waals surface area contributed by atoms with Gasteiger partial charge in [-0.15, -0.1) is 0 Å². The van der Waals surface area contributed by atoms with Crippen molar-refractivity contribution in [1.82, 2.24) is 0 Å². The van der Waals surface area contributed by atoms with Crippen LogP contribution in [0.4, 0.5) is 0 Å². The van der Waals surface area contributed by atoms with Gasteiger partial charge in [0, 0.05) is 24.9 Å². The zero-order valence-corrected chi connectivity index (χ0v) is 17.5. The van der Waals surface area contributed by atoms with Crippen LogP contribution in [0, 0.1) is 34.5 Å². The van der Waals surface area contributed by atoms with Crippen molar-refractivity contribution in [3.63, 3.8) is 0 Å². The smallest absolute Gasteiger partial charge is 0.146 e. The van der Waals surface area contributed by atoms with E-state index in [2.05, 4.69) is 13.8 Å². The molecule has 5 aliphatic rings. The lowest BCUT2D eigenvalue weighted by Gasteiger charge is -2.59. The highest BCUT2D eigenvalue weighted by Gasteiger charge is 2.76. The summed E-state index contributed by atoms with van der Waals surface area (Å²) in [7, 11) is 1.70. The Kier molecular flexibility index (Phi) is 4.14. The van der Waals surface area contributed by atoms with Crippen molar-refractivity contribution in [1.29, 1.82) is 0 Å².